The first-order chi connectivity index (χ1) is 14.9. The highest BCUT2D eigenvalue weighted by Gasteiger charge is 2.36. The molecule has 1 aliphatic heterocycles. The summed E-state index contributed by atoms with van der Waals surface area (Å²) >= 11 is 0. The van der Waals surface area contributed by atoms with Crippen molar-refractivity contribution >= 4 is 29.0 Å². The molecule has 0 amide bonds. The first-order valence-corrected chi connectivity index (χ1v) is 10.9. The largest absolute Gasteiger partial charge is 0.366 e. The van der Waals surface area contributed by atoms with Gasteiger partial charge in [0.05, 0.1) is 5.69 Å². The number of aliphatic imine (C=N–C) groups is 1. The number of hydrogen-bond donors (Lipinski definition) is 1. The minimum absolute atomic E-state index is 0.0265. The van der Waals surface area contributed by atoms with Gasteiger partial charge in [-0.1, -0.05) is 25.1 Å². The second kappa shape index (κ2) is 8.54. The van der Waals surface area contributed by atoms with Crippen molar-refractivity contribution < 1.29 is 4.39 Å². The second-order valence-electron chi connectivity index (χ2n) is 8.89. The van der Waals surface area contributed by atoms with Gasteiger partial charge in [-0.2, -0.15) is 0 Å². The van der Waals surface area contributed by atoms with Crippen LogP contribution in [0.15, 0.2) is 71.7 Å². The molecule has 0 spiro atoms. The van der Waals surface area contributed by atoms with Gasteiger partial charge in [-0.3, -0.25) is 4.99 Å². The molecule has 0 bridgehead atoms. The molecule has 1 unspecified atom stereocenters. The lowest BCUT2D eigenvalue weighted by atomic mass is 9.79. The van der Waals surface area contributed by atoms with Crippen LogP contribution in [0.3, 0.4) is 0 Å². The highest BCUT2D eigenvalue weighted by Crippen LogP contribution is 2.43. The minimum atomic E-state index is -0.229. The average molecular weight is 416 g/mol. The number of fused-ring (bicyclic) bond motifs is 1. The fourth-order valence-electron chi connectivity index (χ4n) is 4.68. The molecule has 3 nitrogen and oxygen atoms in total. The Bertz CT molecular complexity index is 1070. The number of anilines is 3. The number of rotatable bonds is 5. The zero-order chi connectivity index (χ0) is 22.0. The molecule has 4 heteroatoms. The van der Waals surface area contributed by atoms with E-state index in [1.165, 1.54) is 5.56 Å². The topological polar surface area (TPSA) is 27.6 Å². The Morgan fingerprint density at radius 2 is 1.74 bits per heavy atom. The van der Waals surface area contributed by atoms with Crippen LogP contribution in [-0.4, -0.2) is 18.3 Å². The van der Waals surface area contributed by atoms with Gasteiger partial charge < -0.3 is 10.2 Å². The van der Waals surface area contributed by atoms with E-state index in [4.69, 9.17) is 0 Å². The van der Waals surface area contributed by atoms with Crippen LogP contribution in [0, 0.1) is 5.82 Å². The summed E-state index contributed by atoms with van der Waals surface area (Å²) in [6.45, 7) is 9.69. The number of halogens is 1. The normalized spacial score (nSPS) is 17.6. The van der Waals surface area contributed by atoms with Crippen molar-refractivity contribution in [3.05, 3.63) is 83.7 Å². The van der Waals surface area contributed by atoms with E-state index >= 15 is 0 Å². The van der Waals surface area contributed by atoms with Gasteiger partial charge in [-0.15, -0.1) is 0 Å². The van der Waals surface area contributed by atoms with Crippen LogP contribution in [0.1, 0.15) is 51.2 Å². The third-order valence-electron chi connectivity index (χ3n) is 6.10. The molecule has 31 heavy (non-hydrogen) atoms. The third kappa shape index (κ3) is 4.48. The quantitative estimate of drug-likeness (QED) is 0.439. The molecule has 3 aromatic carbocycles. The van der Waals surface area contributed by atoms with Crippen LogP contribution in [0.4, 0.5) is 27.1 Å². The minimum Gasteiger partial charge on any atom is -0.366 e. The monoisotopic (exact) mass is 415 g/mol. The lowest BCUT2D eigenvalue weighted by Gasteiger charge is -2.47. The van der Waals surface area contributed by atoms with E-state index in [1.807, 2.05) is 60.7 Å². The molecule has 0 saturated heterocycles. The molecule has 0 saturated carbocycles. The van der Waals surface area contributed by atoms with Crippen LogP contribution in [0.25, 0.3) is 0 Å². The van der Waals surface area contributed by atoms with Gasteiger partial charge in [-0.25, -0.2) is 4.39 Å². The van der Waals surface area contributed by atoms with Crippen molar-refractivity contribution in [3.8, 4) is 0 Å². The predicted molar refractivity (Wildman–Crippen MR) is 130 cm³/mol. The number of benzene rings is 3. The molecule has 0 aromatic heterocycles. The smallest absolute Gasteiger partial charge is 0.134 e. The highest BCUT2D eigenvalue weighted by molar-refractivity contribution is 5.84. The van der Waals surface area contributed by atoms with Gasteiger partial charge in [-0.05, 0) is 87.2 Å². The molecule has 1 aliphatic rings. The summed E-state index contributed by atoms with van der Waals surface area (Å²) in [6, 6.07) is 21.5. The first-order valence-electron chi connectivity index (χ1n) is 10.9. The third-order valence-corrected chi connectivity index (χ3v) is 6.10. The standard InChI is InChI=1S/C27H30FN3/c1-5-31-26-16-25(28)20(15-24(26)19(2)17-27(31,3)4)18-29-21-11-13-23(14-12-21)30-22-9-7-6-8-10-22/h6-16,18-19,30H,5,17H2,1-4H3. The van der Waals surface area contributed by atoms with Gasteiger partial charge in [0.2, 0.25) is 0 Å². The van der Waals surface area contributed by atoms with Crippen molar-refractivity contribution in [2.45, 2.75) is 45.6 Å². The van der Waals surface area contributed by atoms with Gasteiger partial charge in [0.25, 0.3) is 0 Å². The molecule has 160 valence electrons. The van der Waals surface area contributed by atoms with Crippen LogP contribution in [0.5, 0.6) is 0 Å². The van der Waals surface area contributed by atoms with E-state index in [-0.39, 0.29) is 11.4 Å². The summed E-state index contributed by atoms with van der Waals surface area (Å²) in [7, 11) is 0. The van der Waals surface area contributed by atoms with Crippen molar-refractivity contribution in [1.82, 2.24) is 0 Å². The number of nitrogens with one attached hydrogen (secondary N) is 1. The van der Waals surface area contributed by atoms with Gasteiger partial charge in [0, 0.05) is 40.9 Å². The van der Waals surface area contributed by atoms with E-state index in [0.29, 0.717) is 11.5 Å². The van der Waals surface area contributed by atoms with Crippen molar-refractivity contribution in [2.24, 2.45) is 4.99 Å². The first kappa shape index (κ1) is 21.1. The number of hydrogen-bond acceptors (Lipinski definition) is 3. The summed E-state index contributed by atoms with van der Waals surface area (Å²) in [5, 5.41) is 3.35. The lowest BCUT2D eigenvalue weighted by molar-refractivity contribution is 0.380. The molecule has 4 rings (SSSR count). The van der Waals surface area contributed by atoms with Crippen LogP contribution in [0.2, 0.25) is 0 Å². The van der Waals surface area contributed by atoms with Crippen LogP contribution >= 0.6 is 0 Å². The maximum Gasteiger partial charge on any atom is 0.134 e. The molecule has 0 aliphatic carbocycles. The van der Waals surface area contributed by atoms with Crippen LogP contribution in [-0.2, 0) is 0 Å². The maximum atomic E-state index is 14.9. The maximum absolute atomic E-state index is 14.9. The Kier molecular flexibility index (Phi) is 5.81. The zero-order valence-electron chi connectivity index (χ0n) is 18.7. The van der Waals surface area contributed by atoms with E-state index < -0.39 is 0 Å². The molecular weight excluding hydrogens is 385 g/mol. The van der Waals surface area contributed by atoms with Gasteiger partial charge in [0.1, 0.15) is 5.82 Å². The van der Waals surface area contributed by atoms with E-state index in [1.54, 1.807) is 12.3 Å². The molecule has 1 atom stereocenters. The Balaban J connectivity index is 1.55. The van der Waals surface area contributed by atoms with Crippen molar-refractivity contribution in [3.63, 3.8) is 0 Å². The fourth-order valence-corrected chi connectivity index (χ4v) is 4.68. The summed E-state index contributed by atoms with van der Waals surface area (Å²) in [4.78, 5) is 6.83. The zero-order valence-corrected chi connectivity index (χ0v) is 18.7. The molecule has 0 radical (unpaired) electrons. The van der Waals surface area contributed by atoms with Crippen molar-refractivity contribution in [2.75, 3.05) is 16.8 Å². The van der Waals surface area contributed by atoms with Gasteiger partial charge >= 0.3 is 0 Å². The SMILES string of the molecule is CCN1c2cc(F)c(C=Nc3ccc(Nc4ccccc4)cc3)cc2C(C)CC1(C)C. The van der Waals surface area contributed by atoms with Gasteiger partial charge in [0.15, 0.2) is 0 Å². The lowest BCUT2D eigenvalue weighted by Crippen LogP contribution is -2.48. The Morgan fingerprint density at radius 1 is 1.06 bits per heavy atom. The van der Waals surface area contributed by atoms with Crippen LogP contribution < -0.4 is 10.2 Å². The second-order valence-corrected chi connectivity index (χ2v) is 8.89. The average Bonchev–Trinajstić information content (AvgIpc) is 2.74. The summed E-state index contributed by atoms with van der Waals surface area (Å²) in [5.41, 5.74) is 5.59. The summed E-state index contributed by atoms with van der Waals surface area (Å²) in [5.74, 6) is 0.150. The molecule has 0 fully saturated rings. The summed E-state index contributed by atoms with van der Waals surface area (Å²) < 4.78 is 14.9. The predicted octanol–water partition coefficient (Wildman–Crippen LogP) is 7.43. The fraction of sp³-hybridized carbons (Fsp3) is 0.296. The Hall–Kier alpha value is -3.14. The molecular formula is C27H30FN3. The van der Waals surface area contributed by atoms with E-state index in [2.05, 4.69) is 42.9 Å². The highest BCUT2D eigenvalue weighted by atomic mass is 19.1. The van der Waals surface area contributed by atoms with Crippen molar-refractivity contribution in [1.29, 1.82) is 0 Å². The number of nitrogens with zero attached hydrogens (tertiary/aromatic N) is 2. The summed E-state index contributed by atoms with van der Waals surface area (Å²) in [6.07, 6.45) is 2.68. The molecule has 1 N–H and O–H groups in total. The van der Waals surface area contributed by atoms with E-state index in [9.17, 15) is 4.39 Å². The molecule has 1 heterocycles. The molecule has 3 aromatic rings. The Morgan fingerprint density at radius 3 is 2.42 bits per heavy atom. The number of para-hydroxylation sites is 1. The Labute approximate surface area is 184 Å². The van der Waals surface area contributed by atoms with E-state index in [0.717, 1.165) is 35.7 Å².